The zero-order valence-corrected chi connectivity index (χ0v) is 16.1. The molecule has 4 nitrogen and oxygen atoms in total. The van der Waals surface area contributed by atoms with E-state index in [4.69, 9.17) is 11.6 Å². The van der Waals surface area contributed by atoms with E-state index in [1.165, 1.54) is 24.9 Å². The molecule has 0 aliphatic heterocycles. The fourth-order valence-corrected chi connectivity index (χ4v) is 5.85. The molecule has 0 unspecified atom stereocenters. The first-order chi connectivity index (χ1) is 10.3. The van der Waals surface area contributed by atoms with E-state index in [0.29, 0.717) is 4.31 Å². The molecule has 2 rings (SSSR count). The molecule has 1 aromatic carbocycles. The van der Waals surface area contributed by atoms with Gasteiger partial charge in [0.2, 0.25) is 0 Å². The van der Waals surface area contributed by atoms with Gasteiger partial charge in [0.05, 0.1) is 4.21 Å². The molecule has 0 saturated heterocycles. The summed E-state index contributed by atoms with van der Waals surface area (Å²) < 4.78 is 27.2. The van der Waals surface area contributed by atoms with Crippen molar-refractivity contribution >= 4 is 66.6 Å². The van der Waals surface area contributed by atoms with Crippen molar-refractivity contribution in [3.05, 3.63) is 40.9 Å². The number of benzene rings is 1. The smallest absolute Gasteiger partial charge is 0.272 e. The van der Waals surface area contributed by atoms with Crippen LogP contribution in [0, 0.1) is 0 Å². The number of thiophene rings is 1. The van der Waals surface area contributed by atoms with Gasteiger partial charge in [-0.05, 0) is 36.4 Å². The van der Waals surface area contributed by atoms with Crippen molar-refractivity contribution in [3.63, 3.8) is 0 Å². The Hall–Kier alpha value is -0.540. The van der Waals surface area contributed by atoms with Crippen molar-refractivity contribution in [2.24, 2.45) is 0 Å². The Balaban J connectivity index is 2.20. The van der Waals surface area contributed by atoms with Crippen molar-refractivity contribution in [2.75, 3.05) is 12.9 Å². The maximum absolute atomic E-state index is 12.3. The van der Waals surface area contributed by atoms with E-state index in [1.807, 2.05) is 24.3 Å². The lowest BCUT2D eigenvalue weighted by atomic mass is 10.4. The molecule has 118 valence electrons. The standard InChI is InChI=1S/C13H11BrClNO3S3/c1-16(11(17)8-15)22(18,19)13-7-6-12(21-13)20-10-4-2-9(14)3-5-10/h2-7H,8H2,1H3. The average molecular weight is 441 g/mol. The monoisotopic (exact) mass is 439 g/mol. The van der Waals surface area contributed by atoms with Crippen LogP contribution in [0.5, 0.6) is 0 Å². The largest absolute Gasteiger partial charge is 0.275 e. The minimum atomic E-state index is -3.83. The first-order valence-electron chi connectivity index (χ1n) is 5.95. The van der Waals surface area contributed by atoms with E-state index in [-0.39, 0.29) is 10.1 Å². The highest BCUT2D eigenvalue weighted by Gasteiger charge is 2.26. The van der Waals surface area contributed by atoms with Gasteiger partial charge in [0.25, 0.3) is 15.9 Å². The summed E-state index contributed by atoms with van der Waals surface area (Å²) in [7, 11) is -2.62. The van der Waals surface area contributed by atoms with Gasteiger partial charge in [-0.3, -0.25) is 4.79 Å². The van der Waals surface area contributed by atoms with Crippen molar-refractivity contribution in [2.45, 2.75) is 13.3 Å². The lowest BCUT2D eigenvalue weighted by molar-refractivity contribution is -0.123. The van der Waals surface area contributed by atoms with Crippen LogP contribution in [-0.4, -0.2) is 31.6 Å². The Morgan fingerprint density at radius 3 is 2.50 bits per heavy atom. The normalized spacial score (nSPS) is 11.4. The van der Waals surface area contributed by atoms with Crippen LogP contribution in [0.15, 0.2) is 54.2 Å². The van der Waals surface area contributed by atoms with Gasteiger partial charge in [0.1, 0.15) is 10.1 Å². The van der Waals surface area contributed by atoms with Gasteiger partial charge < -0.3 is 0 Å². The first-order valence-corrected chi connectivity index (χ1v) is 10.4. The van der Waals surface area contributed by atoms with Gasteiger partial charge in [-0.1, -0.05) is 27.7 Å². The highest BCUT2D eigenvalue weighted by molar-refractivity contribution is 9.10. The summed E-state index contributed by atoms with van der Waals surface area (Å²) in [6, 6.07) is 10.9. The number of alkyl halides is 1. The van der Waals surface area contributed by atoms with Crippen molar-refractivity contribution in [1.82, 2.24) is 4.31 Å². The van der Waals surface area contributed by atoms with Crippen molar-refractivity contribution < 1.29 is 13.2 Å². The molecule has 0 N–H and O–H groups in total. The summed E-state index contributed by atoms with van der Waals surface area (Å²) in [6.45, 7) is 0. The molecular weight excluding hydrogens is 430 g/mol. The van der Waals surface area contributed by atoms with Crippen LogP contribution in [0.1, 0.15) is 0 Å². The Morgan fingerprint density at radius 2 is 1.91 bits per heavy atom. The van der Waals surface area contributed by atoms with Gasteiger partial charge in [-0.2, -0.15) is 0 Å². The number of sulfonamides is 1. The van der Waals surface area contributed by atoms with Gasteiger partial charge >= 0.3 is 0 Å². The summed E-state index contributed by atoms with van der Waals surface area (Å²) in [5.74, 6) is -1.03. The third-order valence-electron chi connectivity index (χ3n) is 2.67. The molecule has 0 saturated carbocycles. The number of carbonyl (C=O) groups excluding carboxylic acids is 1. The maximum Gasteiger partial charge on any atom is 0.275 e. The van der Waals surface area contributed by atoms with Gasteiger partial charge in [0.15, 0.2) is 0 Å². The second-order valence-corrected chi connectivity index (χ2v) is 9.97. The van der Waals surface area contributed by atoms with Crippen molar-refractivity contribution in [1.29, 1.82) is 0 Å². The number of amides is 1. The van der Waals surface area contributed by atoms with E-state index in [9.17, 15) is 13.2 Å². The maximum atomic E-state index is 12.3. The van der Waals surface area contributed by atoms with Gasteiger partial charge in [-0.25, -0.2) is 12.7 Å². The Morgan fingerprint density at radius 1 is 1.27 bits per heavy atom. The SMILES string of the molecule is CN(C(=O)CCl)S(=O)(=O)c1ccc(Sc2ccc(Br)cc2)s1. The minimum absolute atomic E-state index is 0.119. The minimum Gasteiger partial charge on any atom is -0.272 e. The molecule has 0 bridgehead atoms. The third kappa shape index (κ3) is 4.05. The van der Waals surface area contributed by atoms with E-state index < -0.39 is 15.9 Å². The molecule has 1 heterocycles. The molecule has 9 heteroatoms. The molecule has 0 aliphatic rings. The molecule has 0 atom stereocenters. The van der Waals surface area contributed by atoms with Crippen LogP contribution in [-0.2, 0) is 14.8 Å². The second kappa shape index (κ2) is 7.35. The fourth-order valence-electron chi connectivity index (χ4n) is 1.47. The Labute approximate surface area is 150 Å². The summed E-state index contributed by atoms with van der Waals surface area (Å²) >= 11 is 11.4. The van der Waals surface area contributed by atoms with Crippen LogP contribution in [0.2, 0.25) is 0 Å². The summed E-state index contributed by atoms with van der Waals surface area (Å²) in [6.07, 6.45) is 0. The average Bonchev–Trinajstić information content (AvgIpc) is 2.97. The molecule has 1 aromatic heterocycles. The number of hydrogen-bond acceptors (Lipinski definition) is 5. The predicted octanol–water partition coefficient (Wildman–Crippen LogP) is 4.05. The third-order valence-corrected chi connectivity index (χ3v) is 7.90. The van der Waals surface area contributed by atoms with Crippen LogP contribution < -0.4 is 0 Å². The van der Waals surface area contributed by atoms with E-state index >= 15 is 0 Å². The molecular formula is C13H11BrClNO3S3. The molecule has 1 amide bonds. The lowest BCUT2D eigenvalue weighted by Crippen LogP contribution is -2.33. The lowest BCUT2D eigenvalue weighted by Gasteiger charge is -2.14. The molecule has 0 fully saturated rings. The highest BCUT2D eigenvalue weighted by Crippen LogP contribution is 2.36. The molecule has 0 spiro atoms. The van der Waals surface area contributed by atoms with Crippen molar-refractivity contribution in [3.8, 4) is 0 Å². The fraction of sp³-hybridized carbons (Fsp3) is 0.154. The van der Waals surface area contributed by atoms with Crippen LogP contribution in [0.3, 0.4) is 0 Å². The molecule has 0 radical (unpaired) electrons. The number of rotatable bonds is 5. The number of carbonyl (C=O) groups is 1. The summed E-state index contributed by atoms with van der Waals surface area (Å²) in [5, 5.41) is 0. The van der Waals surface area contributed by atoms with Gasteiger partial charge in [0, 0.05) is 16.4 Å². The Kier molecular flexibility index (Phi) is 5.95. The quantitative estimate of drug-likeness (QED) is 0.658. The van der Waals surface area contributed by atoms with Crippen LogP contribution in [0.25, 0.3) is 0 Å². The topological polar surface area (TPSA) is 54.5 Å². The Bertz CT molecular complexity index is 774. The van der Waals surface area contributed by atoms with Crippen LogP contribution in [0.4, 0.5) is 0 Å². The predicted molar refractivity (Wildman–Crippen MR) is 93.3 cm³/mol. The first kappa shape index (κ1) is 17.8. The van der Waals surface area contributed by atoms with E-state index in [2.05, 4.69) is 15.9 Å². The van der Waals surface area contributed by atoms with Crippen LogP contribution >= 0.6 is 50.6 Å². The summed E-state index contributed by atoms with van der Waals surface area (Å²) in [5.41, 5.74) is 0. The zero-order chi connectivity index (χ0) is 16.3. The molecule has 2 aromatic rings. The molecule has 22 heavy (non-hydrogen) atoms. The summed E-state index contributed by atoms with van der Waals surface area (Å²) in [4.78, 5) is 12.5. The zero-order valence-electron chi connectivity index (χ0n) is 11.3. The molecule has 0 aliphatic carbocycles. The van der Waals surface area contributed by atoms with Gasteiger partial charge in [-0.15, -0.1) is 22.9 Å². The van der Waals surface area contributed by atoms with E-state index in [1.54, 1.807) is 6.07 Å². The number of halogens is 2. The second-order valence-electron chi connectivity index (χ2n) is 4.13. The van der Waals surface area contributed by atoms with E-state index in [0.717, 1.165) is 24.9 Å². The highest BCUT2D eigenvalue weighted by atomic mass is 79.9. The number of nitrogens with zero attached hydrogens (tertiary/aromatic N) is 1. The number of hydrogen-bond donors (Lipinski definition) is 0.